The van der Waals surface area contributed by atoms with Gasteiger partial charge in [-0.15, -0.1) is 0 Å². The van der Waals surface area contributed by atoms with Gasteiger partial charge in [0.15, 0.2) is 0 Å². The van der Waals surface area contributed by atoms with Crippen molar-refractivity contribution in [2.75, 3.05) is 37.7 Å². The molecule has 1 atom stereocenters. The Morgan fingerprint density at radius 3 is 2.58 bits per heavy atom. The Morgan fingerprint density at radius 2 is 1.94 bits per heavy atom. The van der Waals surface area contributed by atoms with Crippen LogP contribution in [-0.2, 0) is 16.1 Å². The molecule has 2 aliphatic rings. The minimum atomic E-state index is -0.181. The van der Waals surface area contributed by atoms with E-state index >= 15 is 0 Å². The molecule has 162 valence electrons. The van der Waals surface area contributed by atoms with Crippen LogP contribution in [0, 0.1) is 25.2 Å². The highest BCUT2D eigenvalue weighted by Crippen LogP contribution is 2.23. The van der Waals surface area contributed by atoms with E-state index in [0.29, 0.717) is 13.1 Å². The molecule has 3 heterocycles. The van der Waals surface area contributed by atoms with E-state index in [0.717, 1.165) is 56.0 Å². The quantitative estimate of drug-likeness (QED) is 0.550. The molecule has 0 radical (unpaired) electrons. The average Bonchev–Trinajstić information content (AvgIpc) is 3.41. The molecule has 4 rings (SSSR count). The van der Waals surface area contributed by atoms with Gasteiger partial charge in [-0.3, -0.25) is 4.79 Å². The number of hydrogen-bond donors (Lipinski definition) is 0. The third-order valence-electron chi connectivity index (χ3n) is 6.36. The van der Waals surface area contributed by atoms with Crippen molar-refractivity contribution in [3.63, 3.8) is 0 Å². The zero-order chi connectivity index (χ0) is 21.8. The second-order valence-electron chi connectivity index (χ2n) is 8.36. The van der Waals surface area contributed by atoms with Gasteiger partial charge in [0, 0.05) is 56.4 Å². The summed E-state index contributed by atoms with van der Waals surface area (Å²) in [5.74, 6) is -0.181. The SMILES string of the molecule is Cc1cc(/C=C(\C#N)C(=O)N2CCN(c3ccccc3)CC2)c(C)n1C[C@@H]1CCCO1. The molecule has 2 fully saturated rings. The lowest BCUT2D eigenvalue weighted by molar-refractivity contribution is -0.126. The number of piperazine rings is 1. The average molecular weight is 419 g/mol. The molecule has 0 aliphatic carbocycles. The maximum absolute atomic E-state index is 13.0. The van der Waals surface area contributed by atoms with E-state index in [-0.39, 0.29) is 17.6 Å². The minimum absolute atomic E-state index is 0.181. The number of para-hydroxylation sites is 1. The van der Waals surface area contributed by atoms with Gasteiger partial charge in [-0.2, -0.15) is 5.26 Å². The molecule has 2 saturated heterocycles. The molecule has 0 N–H and O–H groups in total. The number of carbonyl (C=O) groups excluding carboxylic acids is 1. The van der Waals surface area contributed by atoms with Gasteiger partial charge in [0.1, 0.15) is 11.6 Å². The van der Waals surface area contributed by atoms with E-state index in [1.807, 2.05) is 25.1 Å². The highest BCUT2D eigenvalue weighted by molar-refractivity contribution is 6.02. The zero-order valence-corrected chi connectivity index (χ0v) is 18.4. The summed E-state index contributed by atoms with van der Waals surface area (Å²) in [6.45, 7) is 8.54. The molecule has 2 aromatic rings. The Labute approximate surface area is 184 Å². The Morgan fingerprint density at radius 1 is 1.19 bits per heavy atom. The van der Waals surface area contributed by atoms with Crippen LogP contribution in [0.5, 0.6) is 0 Å². The number of aryl methyl sites for hydroxylation is 1. The molecule has 2 aliphatic heterocycles. The maximum atomic E-state index is 13.0. The number of amides is 1. The van der Waals surface area contributed by atoms with E-state index in [9.17, 15) is 10.1 Å². The molecule has 1 amide bonds. The normalized spacial score (nSPS) is 19.5. The molecular formula is C25H30N4O2. The van der Waals surface area contributed by atoms with Crippen LogP contribution in [0.1, 0.15) is 29.8 Å². The topological polar surface area (TPSA) is 61.5 Å². The number of carbonyl (C=O) groups is 1. The molecule has 1 aromatic carbocycles. The first kappa shape index (κ1) is 21.2. The fourth-order valence-electron chi connectivity index (χ4n) is 4.52. The van der Waals surface area contributed by atoms with Crippen molar-refractivity contribution in [1.29, 1.82) is 5.26 Å². The number of ether oxygens (including phenoxy) is 1. The molecular weight excluding hydrogens is 388 g/mol. The number of aromatic nitrogens is 1. The molecule has 1 aromatic heterocycles. The summed E-state index contributed by atoms with van der Waals surface area (Å²) >= 11 is 0. The van der Waals surface area contributed by atoms with E-state index in [2.05, 4.69) is 40.7 Å². The summed E-state index contributed by atoms with van der Waals surface area (Å²) in [6.07, 6.45) is 4.19. The van der Waals surface area contributed by atoms with Crippen LogP contribution < -0.4 is 4.90 Å². The van der Waals surface area contributed by atoms with Crippen LogP contribution in [0.4, 0.5) is 5.69 Å². The Hall–Kier alpha value is -3.04. The Bertz CT molecular complexity index is 989. The van der Waals surface area contributed by atoms with Crippen molar-refractivity contribution in [1.82, 2.24) is 9.47 Å². The predicted octanol–water partition coefficient (Wildman–Crippen LogP) is 3.54. The van der Waals surface area contributed by atoms with Crippen molar-refractivity contribution in [3.05, 3.63) is 58.9 Å². The van der Waals surface area contributed by atoms with Gasteiger partial charge in [-0.05, 0) is 56.5 Å². The molecule has 31 heavy (non-hydrogen) atoms. The van der Waals surface area contributed by atoms with Gasteiger partial charge in [0.05, 0.1) is 6.10 Å². The molecule has 0 spiro atoms. The number of rotatable bonds is 5. The summed E-state index contributed by atoms with van der Waals surface area (Å²) in [5, 5.41) is 9.71. The van der Waals surface area contributed by atoms with Crippen LogP contribution in [0.2, 0.25) is 0 Å². The predicted molar refractivity (Wildman–Crippen MR) is 122 cm³/mol. The fraction of sp³-hybridized carbons (Fsp3) is 0.440. The molecule has 0 unspecified atom stereocenters. The third kappa shape index (κ3) is 4.67. The molecule has 6 heteroatoms. The van der Waals surface area contributed by atoms with Gasteiger partial charge in [-0.25, -0.2) is 0 Å². The Balaban J connectivity index is 1.45. The second kappa shape index (κ2) is 9.40. The number of anilines is 1. The van der Waals surface area contributed by atoms with Crippen LogP contribution in [0.25, 0.3) is 6.08 Å². The Kier molecular flexibility index (Phi) is 6.43. The summed E-state index contributed by atoms with van der Waals surface area (Å²) in [4.78, 5) is 17.1. The zero-order valence-electron chi connectivity index (χ0n) is 18.4. The summed E-state index contributed by atoms with van der Waals surface area (Å²) in [5.41, 5.74) is 4.50. The largest absolute Gasteiger partial charge is 0.376 e. The number of nitriles is 1. The lowest BCUT2D eigenvalue weighted by Gasteiger charge is -2.36. The van der Waals surface area contributed by atoms with Gasteiger partial charge < -0.3 is 19.1 Å². The first-order valence-corrected chi connectivity index (χ1v) is 11.1. The summed E-state index contributed by atoms with van der Waals surface area (Å²) in [6, 6.07) is 14.4. The van der Waals surface area contributed by atoms with E-state index in [1.54, 1.807) is 11.0 Å². The van der Waals surface area contributed by atoms with Crippen molar-refractivity contribution in [3.8, 4) is 6.07 Å². The van der Waals surface area contributed by atoms with Crippen LogP contribution >= 0.6 is 0 Å². The number of benzene rings is 1. The maximum Gasteiger partial charge on any atom is 0.264 e. The first-order valence-electron chi connectivity index (χ1n) is 11.1. The highest BCUT2D eigenvalue weighted by atomic mass is 16.5. The number of hydrogen-bond acceptors (Lipinski definition) is 4. The lowest BCUT2D eigenvalue weighted by atomic mass is 10.1. The standard InChI is InChI=1S/C25H30N4O2/c1-19-15-21(20(2)29(19)18-24-9-6-14-31-24)16-22(17-26)25(30)28-12-10-27(11-13-28)23-7-4-3-5-8-23/h3-5,7-8,15-16,24H,6,9-14,18H2,1-2H3/b22-16+/t24-/m0/s1. The van der Waals surface area contributed by atoms with Crippen molar-refractivity contribution >= 4 is 17.7 Å². The summed E-state index contributed by atoms with van der Waals surface area (Å²) in [7, 11) is 0. The molecule has 0 saturated carbocycles. The smallest absolute Gasteiger partial charge is 0.264 e. The van der Waals surface area contributed by atoms with Crippen LogP contribution in [-0.4, -0.2) is 54.3 Å². The van der Waals surface area contributed by atoms with Crippen LogP contribution in [0.3, 0.4) is 0 Å². The van der Waals surface area contributed by atoms with E-state index in [4.69, 9.17) is 4.74 Å². The summed E-state index contributed by atoms with van der Waals surface area (Å²) < 4.78 is 8.02. The number of nitrogens with zero attached hydrogens (tertiary/aromatic N) is 4. The van der Waals surface area contributed by atoms with E-state index < -0.39 is 0 Å². The van der Waals surface area contributed by atoms with E-state index in [1.165, 1.54) is 5.69 Å². The van der Waals surface area contributed by atoms with Gasteiger partial charge in [0.25, 0.3) is 5.91 Å². The van der Waals surface area contributed by atoms with Gasteiger partial charge in [-0.1, -0.05) is 18.2 Å². The van der Waals surface area contributed by atoms with Crippen molar-refractivity contribution < 1.29 is 9.53 Å². The second-order valence-corrected chi connectivity index (χ2v) is 8.36. The lowest BCUT2D eigenvalue weighted by Crippen LogP contribution is -2.49. The third-order valence-corrected chi connectivity index (χ3v) is 6.36. The first-order chi connectivity index (χ1) is 15.1. The molecule has 0 bridgehead atoms. The highest BCUT2D eigenvalue weighted by Gasteiger charge is 2.24. The van der Waals surface area contributed by atoms with Gasteiger partial charge in [0.2, 0.25) is 0 Å². The van der Waals surface area contributed by atoms with Crippen molar-refractivity contribution in [2.45, 2.75) is 39.3 Å². The fourth-order valence-corrected chi connectivity index (χ4v) is 4.52. The van der Waals surface area contributed by atoms with Crippen molar-refractivity contribution in [2.24, 2.45) is 0 Å². The van der Waals surface area contributed by atoms with Crippen LogP contribution in [0.15, 0.2) is 42.0 Å². The molecule has 6 nitrogen and oxygen atoms in total. The monoisotopic (exact) mass is 418 g/mol. The minimum Gasteiger partial charge on any atom is -0.376 e. The van der Waals surface area contributed by atoms with Gasteiger partial charge >= 0.3 is 0 Å².